The van der Waals surface area contributed by atoms with Gasteiger partial charge in [0.2, 0.25) is 0 Å². The number of hydrogen-bond donors (Lipinski definition) is 0. The molecule has 432 valence electrons. The number of aromatic nitrogens is 1. The van der Waals surface area contributed by atoms with Gasteiger partial charge in [0.15, 0.2) is 0 Å². The summed E-state index contributed by atoms with van der Waals surface area (Å²) in [4.78, 5) is 18.2. The standard InChI is InChI=1S/3C13H21N.C12H19N.C10H16N2.C10H15N/c2*1-6-14(7-2)13-8-10(3)12(5)11(4)9-13;1-6-14(7-2)13-9-11(4)10(3)8-12(13)5;1-5-13(6-2)12-8-7-10(3)11(4)9-12;1-4-12(5-2)10-7-6-9(3)8-11-10;1-8-5-6-10(11(3)4)7-9(8)2/h3*8-9H,6-7H2,1-5H3;7-9H,5-6H2,1-4H3;6-8H,4-5H2,1-3H3;5-7H,1-4H3. The second kappa shape index (κ2) is 36.3. The van der Waals surface area contributed by atoms with Crippen molar-refractivity contribution in [2.75, 3.05) is 109 Å². The number of aryl methyl sites for hydroxylation is 12. The normalized spacial score (nSPS) is 10.2. The third-order valence-electron chi connectivity index (χ3n) is 15.6. The van der Waals surface area contributed by atoms with E-state index in [1.165, 1.54) is 106 Å². The number of anilines is 6. The molecule has 0 unspecified atom stereocenters. The van der Waals surface area contributed by atoms with Crippen LogP contribution in [0.2, 0.25) is 0 Å². The number of rotatable bonds is 16. The molecule has 5 aromatic carbocycles. The molecule has 6 rings (SSSR count). The summed E-state index contributed by atoms with van der Waals surface area (Å²) in [6.07, 6.45) is 1.91. The van der Waals surface area contributed by atoms with E-state index in [-0.39, 0.29) is 0 Å². The van der Waals surface area contributed by atoms with Crippen molar-refractivity contribution in [2.24, 2.45) is 0 Å². The van der Waals surface area contributed by atoms with Crippen molar-refractivity contribution in [1.82, 2.24) is 4.98 Å². The van der Waals surface area contributed by atoms with Gasteiger partial charge in [-0.15, -0.1) is 0 Å². The summed E-state index contributed by atoms with van der Waals surface area (Å²) < 4.78 is 0. The predicted octanol–water partition coefficient (Wildman–Crippen LogP) is 18.1. The van der Waals surface area contributed by atoms with Crippen LogP contribution in [-0.4, -0.2) is 84.5 Å². The first-order valence-corrected chi connectivity index (χ1v) is 29.6. The molecule has 0 saturated heterocycles. The Hall–Kier alpha value is -5.95. The molecule has 0 saturated carbocycles. The highest BCUT2D eigenvalue weighted by molar-refractivity contribution is 5.58. The topological polar surface area (TPSA) is 32.3 Å². The maximum Gasteiger partial charge on any atom is 0.128 e. The average molecular weight is 1060 g/mol. The molecule has 7 nitrogen and oxygen atoms in total. The summed E-state index contributed by atoms with van der Waals surface area (Å²) >= 11 is 0. The van der Waals surface area contributed by atoms with Crippen LogP contribution in [0.4, 0.5) is 34.3 Å². The van der Waals surface area contributed by atoms with Crippen LogP contribution in [0.25, 0.3) is 0 Å². The molecule has 0 amide bonds. The van der Waals surface area contributed by atoms with Crippen LogP contribution in [0, 0.1) is 96.9 Å². The van der Waals surface area contributed by atoms with Gasteiger partial charge < -0.3 is 29.4 Å². The fourth-order valence-corrected chi connectivity index (χ4v) is 9.13. The zero-order chi connectivity index (χ0) is 59.4. The Kier molecular flexibility index (Phi) is 32.6. The minimum atomic E-state index is 1.02. The van der Waals surface area contributed by atoms with E-state index in [4.69, 9.17) is 0 Å². The highest BCUT2D eigenvalue weighted by Gasteiger charge is 2.09. The third kappa shape index (κ3) is 22.4. The second-order valence-corrected chi connectivity index (χ2v) is 21.1. The van der Waals surface area contributed by atoms with E-state index in [0.717, 1.165) is 71.3 Å². The lowest BCUT2D eigenvalue weighted by atomic mass is 10.0. The largest absolute Gasteiger partial charge is 0.378 e. The fraction of sp³-hybridized carbons (Fsp3) is 0.507. The molecule has 0 aliphatic heterocycles. The first-order chi connectivity index (χ1) is 36.9. The van der Waals surface area contributed by atoms with Gasteiger partial charge in [0, 0.05) is 114 Å². The fourth-order valence-electron chi connectivity index (χ4n) is 9.13. The van der Waals surface area contributed by atoms with Crippen LogP contribution < -0.4 is 29.4 Å². The highest BCUT2D eigenvalue weighted by atomic mass is 15.2. The van der Waals surface area contributed by atoms with Crippen molar-refractivity contribution in [3.05, 3.63) is 169 Å². The van der Waals surface area contributed by atoms with Crippen molar-refractivity contribution in [2.45, 2.75) is 166 Å². The lowest BCUT2D eigenvalue weighted by molar-refractivity contribution is 0.845. The molecule has 0 N–H and O–H groups in total. The zero-order valence-corrected chi connectivity index (χ0v) is 54.9. The number of pyridine rings is 1. The van der Waals surface area contributed by atoms with E-state index in [1.54, 1.807) is 0 Å². The van der Waals surface area contributed by atoms with Crippen molar-refractivity contribution >= 4 is 34.3 Å². The number of hydrogen-bond acceptors (Lipinski definition) is 7. The minimum Gasteiger partial charge on any atom is -0.378 e. The maximum absolute atomic E-state index is 4.35. The van der Waals surface area contributed by atoms with Crippen LogP contribution in [-0.2, 0) is 0 Å². The number of nitrogens with zero attached hydrogens (tertiary/aromatic N) is 7. The molecule has 0 fully saturated rings. The van der Waals surface area contributed by atoms with Crippen LogP contribution >= 0.6 is 0 Å². The first kappa shape index (κ1) is 70.1. The van der Waals surface area contributed by atoms with Gasteiger partial charge >= 0.3 is 0 Å². The molecule has 7 heteroatoms. The third-order valence-corrected chi connectivity index (χ3v) is 15.6. The minimum absolute atomic E-state index is 1.02. The van der Waals surface area contributed by atoms with Crippen LogP contribution in [0.15, 0.2) is 91.1 Å². The average Bonchev–Trinajstić information content (AvgIpc) is 3.41. The van der Waals surface area contributed by atoms with Crippen LogP contribution in [0.1, 0.15) is 147 Å². The summed E-state index contributed by atoms with van der Waals surface area (Å²) in [6, 6.07) is 31.1. The van der Waals surface area contributed by atoms with E-state index in [2.05, 4.69) is 300 Å². The highest BCUT2D eigenvalue weighted by Crippen LogP contribution is 2.26. The molecule has 0 aliphatic rings. The van der Waals surface area contributed by atoms with Crippen LogP contribution in [0.3, 0.4) is 0 Å². The lowest BCUT2D eigenvalue weighted by Gasteiger charge is -2.24. The van der Waals surface area contributed by atoms with Crippen LogP contribution in [0.5, 0.6) is 0 Å². The van der Waals surface area contributed by atoms with E-state index in [9.17, 15) is 0 Å². The molecule has 0 atom stereocenters. The van der Waals surface area contributed by atoms with Crippen molar-refractivity contribution < 1.29 is 0 Å². The molecule has 0 spiro atoms. The van der Waals surface area contributed by atoms with Gasteiger partial charge in [-0.05, 0) is 305 Å². The second-order valence-electron chi connectivity index (χ2n) is 21.1. The summed E-state index contributed by atoms with van der Waals surface area (Å²) in [7, 11) is 4.12. The molecule has 1 aromatic heterocycles. The molecular weight excluding hydrogens is 951 g/mol. The smallest absolute Gasteiger partial charge is 0.128 e. The van der Waals surface area contributed by atoms with E-state index in [0.29, 0.717) is 0 Å². The van der Waals surface area contributed by atoms with Gasteiger partial charge in [0.1, 0.15) is 5.82 Å². The first-order valence-electron chi connectivity index (χ1n) is 29.6. The lowest BCUT2D eigenvalue weighted by Crippen LogP contribution is -2.22. The Morgan fingerprint density at radius 3 is 0.936 bits per heavy atom. The Morgan fingerprint density at radius 2 is 0.603 bits per heavy atom. The van der Waals surface area contributed by atoms with Gasteiger partial charge in [-0.2, -0.15) is 0 Å². The molecule has 1 heterocycles. The molecule has 6 aromatic rings. The van der Waals surface area contributed by atoms with Gasteiger partial charge in [0.05, 0.1) is 0 Å². The van der Waals surface area contributed by atoms with Gasteiger partial charge in [-0.3, -0.25) is 0 Å². The Bertz CT molecular complexity index is 2510. The van der Waals surface area contributed by atoms with Gasteiger partial charge in [-0.1, -0.05) is 24.3 Å². The summed E-state index contributed by atoms with van der Waals surface area (Å²) in [5.74, 6) is 1.07. The molecule has 0 bridgehead atoms. The van der Waals surface area contributed by atoms with E-state index >= 15 is 0 Å². The maximum atomic E-state index is 4.35. The van der Waals surface area contributed by atoms with Crippen molar-refractivity contribution in [3.63, 3.8) is 0 Å². The number of benzene rings is 5. The predicted molar refractivity (Wildman–Crippen MR) is 355 cm³/mol. The Labute approximate surface area is 481 Å². The zero-order valence-electron chi connectivity index (χ0n) is 54.9. The Balaban J connectivity index is 0.000000469. The molecular formula is C71H113N7. The van der Waals surface area contributed by atoms with Gasteiger partial charge in [-0.25, -0.2) is 4.98 Å². The SMILES string of the molecule is CCN(CC)c1cc(C)c(C)c(C)c1.CCN(CC)c1cc(C)c(C)c(C)c1.CCN(CC)c1cc(C)c(C)cc1C.CCN(CC)c1ccc(C)c(C)c1.CCN(CC)c1ccc(C)cn1.Cc1ccc(N(C)C)cc1C. The Morgan fingerprint density at radius 1 is 0.282 bits per heavy atom. The summed E-state index contributed by atoms with van der Waals surface area (Å²) in [5.41, 5.74) is 26.0. The van der Waals surface area contributed by atoms with Crippen molar-refractivity contribution in [1.29, 1.82) is 0 Å². The van der Waals surface area contributed by atoms with E-state index < -0.39 is 0 Å². The van der Waals surface area contributed by atoms with Gasteiger partial charge in [0.25, 0.3) is 0 Å². The van der Waals surface area contributed by atoms with E-state index in [1.807, 2.05) is 6.20 Å². The molecule has 0 aliphatic carbocycles. The quantitative estimate of drug-likeness (QED) is 0.0955. The van der Waals surface area contributed by atoms with Crippen molar-refractivity contribution in [3.8, 4) is 0 Å². The monoisotopic (exact) mass is 1060 g/mol. The summed E-state index contributed by atoms with van der Waals surface area (Å²) in [5, 5.41) is 0. The summed E-state index contributed by atoms with van der Waals surface area (Å²) in [6.45, 7) is 62.9. The molecule has 78 heavy (non-hydrogen) atoms. The molecule has 0 radical (unpaired) electrons.